The molecule has 0 bridgehead atoms. The van der Waals surface area contributed by atoms with Crippen molar-refractivity contribution < 1.29 is 19.2 Å². The van der Waals surface area contributed by atoms with Crippen molar-refractivity contribution in [2.45, 2.75) is 25.9 Å². The Morgan fingerprint density at radius 3 is 2.93 bits per heavy atom. The number of nitrogens with zero attached hydrogens (tertiary/aromatic N) is 2. The molecule has 0 radical (unpaired) electrons. The highest BCUT2D eigenvalue weighted by molar-refractivity contribution is 5.82. The Morgan fingerprint density at radius 1 is 1.71 bits per heavy atom. The molecule has 1 N–H and O–H groups in total. The highest BCUT2D eigenvalue weighted by Crippen LogP contribution is 2.04. The number of carboxylic acids is 1. The van der Waals surface area contributed by atoms with E-state index in [9.17, 15) is 4.79 Å². The molecule has 78 valence electrons. The third-order valence-corrected chi connectivity index (χ3v) is 1.83. The normalized spacial score (nSPS) is 12.7. The largest absolute Gasteiger partial charge is 0.475 e. The number of methoxy groups -OCH3 is 1. The van der Waals surface area contributed by atoms with E-state index in [4.69, 9.17) is 14.4 Å². The zero-order chi connectivity index (χ0) is 10.6. The van der Waals surface area contributed by atoms with Gasteiger partial charge in [-0.05, 0) is 18.5 Å². The quantitative estimate of drug-likeness (QED) is 0.754. The van der Waals surface area contributed by atoms with Crippen molar-refractivity contribution in [2.75, 3.05) is 7.11 Å². The predicted octanol–water partition coefficient (Wildman–Crippen LogP) is 0.735. The lowest BCUT2D eigenvalue weighted by Crippen LogP contribution is -2.06. The first-order valence-corrected chi connectivity index (χ1v) is 4.22. The first kappa shape index (κ1) is 10.6. The van der Waals surface area contributed by atoms with E-state index in [1.807, 2.05) is 6.92 Å². The number of aromatic carboxylic acids is 1. The highest BCUT2D eigenvalue weighted by Gasteiger charge is 2.13. The van der Waals surface area contributed by atoms with E-state index in [2.05, 4.69) is 10.1 Å². The lowest BCUT2D eigenvalue weighted by molar-refractivity contribution is 0.0680. The van der Waals surface area contributed by atoms with Crippen LogP contribution in [0.3, 0.4) is 0 Å². The fourth-order valence-corrected chi connectivity index (χ4v) is 0.888. The summed E-state index contributed by atoms with van der Waals surface area (Å²) in [4.78, 5) is 14.1. The maximum absolute atomic E-state index is 10.4. The molecule has 6 heteroatoms. The van der Waals surface area contributed by atoms with Gasteiger partial charge >= 0.3 is 5.97 Å². The molecule has 14 heavy (non-hydrogen) atoms. The van der Waals surface area contributed by atoms with Gasteiger partial charge < -0.3 is 14.4 Å². The van der Waals surface area contributed by atoms with E-state index in [1.54, 1.807) is 7.11 Å². The van der Waals surface area contributed by atoms with Gasteiger partial charge in [0.1, 0.15) is 0 Å². The van der Waals surface area contributed by atoms with E-state index in [0.717, 1.165) is 6.42 Å². The van der Waals surface area contributed by atoms with Gasteiger partial charge in [0.05, 0.1) is 6.10 Å². The summed E-state index contributed by atoms with van der Waals surface area (Å²) in [7, 11) is 1.61. The Morgan fingerprint density at radius 2 is 2.43 bits per heavy atom. The third kappa shape index (κ3) is 2.81. The Hall–Kier alpha value is -1.43. The van der Waals surface area contributed by atoms with Crippen molar-refractivity contribution in [3.63, 3.8) is 0 Å². The van der Waals surface area contributed by atoms with Crippen molar-refractivity contribution in [3.05, 3.63) is 11.7 Å². The molecule has 0 aliphatic rings. The number of ether oxygens (including phenoxy) is 1. The summed E-state index contributed by atoms with van der Waals surface area (Å²) in [5, 5.41) is 11.8. The number of aromatic nitrogens is 2. The molecule has 6 nitrogen and oxygen atoms in total. The molecule has 0 aromatic carbocycles. The van der Waals surface area contributed by atoms with Crippen LogP contribution in [0.4, 0.5) is 0 Å². The van der Waals surface area contributed by atoms with Crippen LogP contribution in [-0.4, -0.2) is 34.4 Å². The molecule has 1 aromatic heterocycles. The smallest absolute Gasteiger partial charge is 0.377 e. The summed E-state index contributed by atoms with van der Waals surface area (Å²) >= 11 is 0. The number of hydrogen-bond donors (Lipinski definition) is 1. The fourth-order valence-electron chi connectivity index (χ4n) is 0.888. The highest BCUT2D eigenvalue weighted by atomic mass is 16.5. The molecule has 0 fully saturated rings. The van der Waals surface area contributed by atoms with Crippen LogP contribution >= 0.6 is 0 Å². The molecule has 1 atom stereocenters. The summed E-state index contributed by atoms with van der Waals surface area (Å²) in [6.45, 7) is 1.91. The van der Waals surface area contributed by atoms with Crippen molar-refractivity contribution in [3.8, 4) is 0 Å². The molecule has 1 unspecified atom stereocenters. The van der Waals surface area contributed by atoms with Gasteiger partial charge in [0, 0.05) is 13.5 Å². The van der Waals surface area contributed by atoms with Gasteiger partial charge in [-0.3, -0.25) is 0 Å². The van der Waals surface area contributed by atoms with E-state index in [0.29, 0.717) is 12.3 Å². The number of carbonyl (C=O) groups is 1. The lowest BCUT2D eigenvalue weighted by Gasteiger charge is -2.05. The first-order valence-electron chi connectivity index (χ1n) is 4.22. The van der Waals surface area contributed by atoms with Crippen LogP contribution in [0.15, 0.2) is 4.52 Å². The Balaban J connectivity index is 2.48. The minimum absolute atomic E-state index is 0.0928. The molecule has 1 heterocycles. The second-order valence-corrected chi connectivity index (χ2v) is 2.90. The average Bonchev–Trinajstić information content (AvgIpc) is 2.62. The van der Waals surface area contributed by atoms with Crippen LogP contribution in [0.2, 0.25) is 0 Å². The zero-order valence-corrected chi connectivity index (χ0v) is 8.06. The van der Waals surface area contributed by atoms with Crippen molar-refractivity contribution in [1.82, 2.24) is 10.1 Å². The van der Waals surface area contributed by atoms with E-state index in [1.165, 1.54) is 0 Å². The maximum atomic E-state index is 10.4. The first-order chi connectivity index (χ1) is 6.63. The summed E-state index contributed by atoms with van der Waals surface area (Å²) in [5.41, 5.74) is 0. The predicted molar refractivity (Wildman–Crippen MR) is 46.0 cm³/mol. The van der Waals surface area contributed by atoms with E-state index in [-0.39, 0.29) is 11.9 Å². The minimum Gasteiger partial charge on any atom is -0.475 e. The van der Waals surface area contributed by atoms with Gasteiger partial charge in [0.15, 0.2) is 0 Å². The molecule has 1 aromatic rings. The second-order valence-electron chi connectivity index (χ2n) is 2.90. The van der Waals surface area contributed by atoms with Crippen LogP contribution in [0, 0.1) is 0 Å². The van der Waals surface area contributed by atoms with E-state index < -0.39 is 5.97 Å². The molecular formula is C8H12N2O4. The SMILES string of the molecule is COC(C)CCc1nc(C(=O)O)no1. The Bertz CT molecular complexity index is 310. The number of hydrogen-bond acceptors (Lipinski definition) is 5. The van der Waals surface area contributed by atoms with Crippen molar-refractivity contribution in [1.29, 1.82) is 0 Å². The Labute approximate surface area is 80.9 Å². The number of aryl methyl sites for hydroxylation is 1. The van der Waals surface area contributed by atoms with Crippen LogP contribution in [0.1, 0.15) is 29.9 Å². The van der Waals surface area contributed by atoms with Crippen molar-refractivity contribution >= 4 is 5.97 Å². The van der Waals surface area contributed by atoms with Gasteiger partial charge in [-0.25, -0.2) is 4.79 Å². The minimum atomic E-state index is -1.18. The monoisotopic (exact) mass is 200 g/mol. The molecule has 0 saturated carbocycles. The Kier molecular flexibility index (Phi) is 3.58. The molecular weight excluding hydrogens is 188 g/mol. The van der Waals surface area contributed by atoms with Crippen LogP contribution in [0.5, 0.6) is 0 Å². The lowest BCUT2D eigenvalue weighted by atomic mass is 10.2. The average molecular weight is 200 g/mol. The maximum Gasteiger partial charge on any atom is 0.377 e. The summed E-state index contributed by atoms with van der Waals surface area (Å²) in [5.74, 6) is -1.16. The molecule has 0 saturated heterocycles. The van der Waals surface area contributed by atoms with Gasteiger partial charge in [0.2, 0.25) is 5.89 Å². The van der Waals surface area contributed by atoms with Crippen molar-refractivity contribution in [2.24, 2.45) is 0 Å². The van der Waals surface area contributed by atoms with Crippen LogP contribution in [-0.2, 0) is 11.2 Å². The summed E-state index contributed by atoms with van der Waals surface area (Å²) in [6, 6.07) is 0. The topological polar surface area (TPSA) is 85.5 Å². The summed E-state index contributed by atoms with van der Waals surface area (Å²) in [6.07, 6.45) is 1.34. The molecule has 0 aliphatic carbocycles. The molecule has 0 spiro atoms. The molecule has 1 rings (SSSR count). The standard InChI is InChI=1S/C8H12N2O4/c1-5(13-2)3-4-6-9-7(8(11)12)10-14-6/h5H,3-4H2,1-2H3,(H,11,12). The van der Waals surface area contributed by atoms with Gasteiger partial charge in [-0.15, -0.1) is 0 Å². The summed E-state index contributed by atoms with van der Waals surface area (Å²) < 4.78 is 9.74. The zero-order valence-electron chi connectivity index (χ0n) is 8.06. The second kappa shape index (κ2) is 4.71. The van der Waals surface area contributed by atoms with Gasteiger partial charge in [-0.1, -0.05) is 0 Å². The number of carboxylic acid groups (broad SMARTS) is 1. The fraction of sp³-hybridized carbons (Fsp3) is 0.625. The molecule has 0 amide bonds. The van der Waals surface area contributed by atoms with Crippen LogP contribution in [0.25, 0.3) is 0 Å². The molecule has 0 aliphatic heterocycles. The van der Waals surface area contributed by atoms with Crippen LogP contribution < -0.4 is 0 Å². The van der Waals surface area contributed by atoms with Gasteiger partial charge in [-0.2, -0.15) is 4.98 Å². The van der Waals surface area contributed by atoms with Gasteiger partial charge in [0.25, 0.3) is 5.82 Å². The third-order valence-electron chi connectivity index (χ3n) is 1.83. The van der Waals surface area contributed by atoms with E-state index >= 15 is 0 Å². The number of rotatable bonds is 5.